The summed E-state index contributed by atoms with van der Waals surface area (Å²) >= 11 is 6.12. The summed E-state index contributed by atoms with van der Waals surface area (Å²) in [4.78, 5) is 8.45. The molecule has 3 aromatic rings. The predicted molar refractivity (Wildman–Crippen MR) is 74.0 cm³/mol. The summed E-state index contributed by atoms with van der Waals surface area (Å²) in [5, 5.41) is 1.51. The molecule has 2 heterocycles. The monoisotopic (exact) mass is 273 g/mol. The van der Waals surface area contributed by atoms with E-state index in [9.17, 15) is 0 Å². The lowest BCUT2D eigenvalue weighted by Gasteiger charge is -2.09. The van der Waals surface area contributed by atoms with E-state index in [0.29, 0.717) is 16.5 Å². The van der Waals surface area contributed by atoms with Crippen molar-refractivity contribution in [2.75, 3.05) is 0 Å². The van der Waals surface area contributed by atoms with E-state index >= 15 is 0 Å². The van der Waals surface area contributed by atoms with E-state index in [1.54, 1.807) is 12.4 Å². The van der Waals surface area contributed by atoms with Crippen molar-refractivity contribution in [3.05, 3.63) is 58.8 Å². The molecular formula is C14H12ClN3O. The van der Waals surface area contributed by atoms with Crippen LogP contribution in [0.3, 0.4) is 0 Å². The average Bonchev–Trinajstić information content (AvgIpc) is 2.84. The van der Waals surface area contributed by atoms with Gasteiger partial charge in [0.15, 0.2) is 0 Å². The summed E-state index contributed by atoms with van der Waals surface area (Å²) in [7, 11) is 0. The van der Waals surface area contributed by atoms with Crippen LogP contribution in [0.1, 0.15) is 23.2 Å². The minimum atomic E-state index is -0.447. The molecule has 0 saturated carbocycles. The molecule has 0 aliphatic carbocycles. The highest BCUT2D eigenvalue weighted by atomic mass is 35.5. The zero-order valence-corrected chi connectivity index (χ0v) is 11.1. The van der Waals surface area contributed by atoms with Gasteiger partial charge in [0.2, 0.25) is 0 Å². The molecule has 2 N–H and O–H groups in total. The molecule has 19 heavy (non-hydrogen) atoms. The van der Waals surface area contributed by atoms with Crippen molar-refractivity contribution in [3.8, 4) is 0 Å². The Hall–Kier alpha value is -1.91. The predicted octanol–water partition coefficient (Wildman–Crippen LogP) is 3.23. The Morgan fingerprint density at radius 2 is 2.05 bits per heavy atom. The first kappa shape index (κ1) is 12.1. The Bertz CT molecular complexity index is 738. The summed E-state index contributed by atoms with van der Waals surface area (Å²) < 4.78 is 5.74. The number of nitrogens with zero attached hydrogens (tertiary/aromatic N) is 2. The highest BCUT2D eigenvalue weighted by Gasteiger charge is 2.18. The molecule has 0 aliphatic heterocycles. The molecule has 2 aromatic heterocycles. The Morgan fingerprint density at radius 3 is 2.79 bits per heavy atom. The molecule has 0 aliphatic rings. The third-order valence-corrected chi connectivity index (χ3v) is 3.38. The fraction of sp³-hybridized carbons (Fsp3) is 0.143. The van der Waals surface area contributed by atoms with Gasteiger partial charge in [0.05, 0.1) is 16.4 Å². The molecule has 0 saturated heterocycles. The third-order valence-electron chi connectivity index (χ3n) is 3.05. The van der Waals surface area contributed by atoms with Gasteiger partial charge in [-0.25, -0.2) is 0 Å². The summed E-state index contributed by atoms with van der Waals surface area (Å²) in [6.45, 7) is 1.87. The van der Waals surface area contributed by atoms with Gasteiger partial charge in [0.1, 0.15) is 17.4 Å². The van der Waals surface area contributed by atoms with Crippen molar-refractivity contribution in [3.63, 3.8) is 0 Å². The lowest BCUT2D eigenvalue weighted by atomic mass is 10.1. The van der Waals surface area contributed by atoms with E-state index in [0.717, 1.165) is 16.7 Å². The van der Waals surface area contributed by atoms with Crippen LogP contribution < -0.4 is 5.73 Å². The second-order valence-electron chi connectivity index (χ2n) is 4.31. The maximum atomic E-state index is 6.19. The summed E-state index contributed by atoms with van der Waals surface area (Å²) in [5.74, 6) is 0.631. The van der Waals surface area contributed by atoms with Crippen molar-refractivity contribution >= 4 is 22.6 Å². The Balaban J connectivity index is 2.10. The minimum Gasteiger partial charge on any atom is -0.459 e. The number of aryl methyl sites for hydroxylation is 1. The van der Waals surface area contributed by atoms with E-state index in [1.165, 1.54) is 0 Å². The first-order valence-electron chi connectivity index (χ1n) is 5.88. The van der Waals surface area contributed by atoms with Crippen LogP contribution in [0, 0.1) is 6.92 Å². The maximum Gasteiger partial charge on any atom is 0.135 e. The van der Waals surface area contributed by atoms with Gasteiger partial charge >= 0.3 is 0 Å². The molecule has 0 spiro atoms. The van der Waals surface area contributed by atoms with Gasteiger partial charge in [-0.05, 0) is 25.1 Å². The van der Waals surface area contributed by atoms with Crippen LogP contribution in [0.4, 0.5) is 0 Å². The first-order chi connectivity index (χ1) is 9.16. The number of hydrogen-bond acceptors (Lipinski definition) is 4. The SMILES string of the molecule is Cc1nccnc1C(N)c1cc2c(Cl)cccc2o1. The zero-order valence-electron chi connectivity index (χ0n) is 10.3. The smallest absolute Gasteiger partial charge is 0.135 e. The summed E-state index contributed by atoms with van der Waals surface area (Å²) in [6, 6.07) is 6.94. The second kappa shape index (κ2) is 4.64. The highest BCUT2D eigenvalue weighted by molar-refractivity contribution is 6.35. The third kappa shape index (κ3) is 2.09. The van der Waals surface area contributed by atoms with E-state index in [2.05, 4.69) is 9.97 Å². The molecule has 0 bridgehead atoms. The Labute approximate surface area is 115 Å². The fourth-order valence-electron chi connectivity index (χ4n) is 2.06. The van der Waals surface area contributed by atoms with Crippen molar-refractivity contribution in [2.24, 2.45) is 5.73 Å². The number of furan rings is 1. The molecular weight excluding hydrogens is 262 g/mol. The first-order valence-corrected chi connectivity index (χ1v) is 6.25. The fourth-order valence-corrected chi connectivity index (χ4v) is 2.28. The van der Waals surface area contributed by atoms with Crippen LogP contribution in [0.25, 0.3) is 11.0 Å². The van der Waals surface area contributed by atoms with Gasteiger partial charge in [-0.3, -0.25) is 9.97 Å². The van der Waals surface area contributed by atoms with E-state index < -0.39 is 6.04 Å². The van der Waals surface area contributed by atoms with Crippen LogP contribution in [0.15, 0.2) is 41.1 Å². The van der Waals surface area contributed by atoms with Gasteiger partial charge in [-0.15, -0.1) is 0 Å². The minimum absolute atomic E-state index is 0.447. The summed E-state index contributed by atoms with van der Waals surface area (Å²) in [5.41, 5.74) is 8.41. The largest absolute Gasteiger partial charge is 0.459 e. The van der Waals surface area contributed by atoms with Crippen molar-refractivity contribution < 1.29 is 4.42 Å². The average molecular weight is 274 g/mol. The Kier molecular flexibility index (Phi) is 2.97. The Morgan fingerprint density at radius 1 is 1.26 bits per heavy atom. The normalized spacial score (nSPS) is 12.8. The molecule has 96 valence electrons. The molecule has 1 aromatic carbocycles. The molecule has 1 atom stereocenters. The lowest BCUT2D eigenvalue weighted by Crippen LogP contribution is -2.14. The van der Waals surface area contributed by atoms with Crippen LogP contribution >= 0.6 is 11.6 Å². The number of halogens is 1. The molecule has 0 radical (unpaired) electrons. The molecule has 4 nitrogen and oxygen atoms in total. The molecule has 3 rings (SSSR count). The lowest BCUT2D eigenvalue weighted by molar-refractivity contribution is 0.518. The van der Waals surface area contributed by atoms with Gasteiger partial charge in [0.25, 0.3) is 0 Å². The van der Waals surface area contributed by atoms with Crippen LogP contribution in [-0.2, 0) is 0 Å². The zero-order chi connectivity index (χ0) is 13.4. The van der Waals surface area contributed by atoms with Crippen molar-refractivity contribution in [1.82, 2.24) is 9.97 Å². The quantitative estimate of drug-likeness (QED) is 0.778. The number of benzene rings is 1. The van der Waals surface area contributed by atoms with Crippen molar-refractivity contribution in [1.29, 1.82) is 0 Å². The number of fused-ring (bicyclic) bond motifs is 1. The van der Waals surface area contributed by atoms with Gasteiger partial charge in [-0.2, -0.15) is 0 Å². The second-order valence-corrected chi connectivity index (χ2v) is 4.71. The van der Waals surface area contributed by atoms with E-state index in [4.69, 9.17) is 21.8 Å². The van der Waals surface area contributed by atoms with E-state index in [-0.39, 0.29) is 0 Å². The van der Waals surface area contributed by atoms with Crippen LogP contribution in [0.2, 0.25) is 5.02 Å². The summed E-state index contributed by atoms with van der Waals surface area (Å²) in [6.07, 6.45) is 3.26. The number of hydrogen-bond donors (Lipinski definition) is 1. The van der Waals surface area contributed by atoms with Gasteiger partial charge in [0, 0.05) is 17.8 Å². The van der Waals surface area contributed by atoms with Crippen LogP contribution in [-0.4, -0.2) is 9.97 Å². The standard InChI is InChI=1S/C14H12ClN3O/c1-8-14(18-6-5-17-8)13(16)12-7-9-10(15)3-2-4-11(9)19-12/h2-7,13H,16H2,1H3. The van der Waals surface area contributed by atoms with Crippen LogP contribution in [0.5, 0.6) is 0 Å². The molecule has 1 unspecified atom stereocenters. The van der Waals surface area contributed by atoms with E-state index in [1.807, 2.05) is 31.2 Å². The topological polar surface area (TPSA) is 64.9 Å². The molecule has 0 amide bonds. The number of aromatic nitrogens is 2. The maximum absolute atomic E-state index is 6.19. The highest BCUT2D eigenvalue weighted by Crippen LogP contribution is 2.30. The number of rotatable bonds is 2. The number of nitrogens with two attached hydrogens (primary N) is 1. The molecule has 5 heteroatoms. The van der Waals surface area contributed by atoms with Gasteiger partial charge in [-0.1, -0.05) is 17.7 Å². The van der Waals surface area contributed by atoms with Crippen molar-refractivity contribution in [2.45, 2.75) is 13.0 Å². The van der Waals surface area contributed by atoms with Gasteiger partial charge < -0.3 is 10.2 Å². The molecule has 0 fully saturated rings.